The molecule has 0 N–H and O–H groups in total. The van der Waals surface area contributed by atoms with E-state index in [1.165, 1.54) is 0 Å². The van der Waals surface area contributed by atoms with Crippen LogP contribution in [0.2, 0.25) is 0 Å². The Hall–Kier alpha value is -1.82. The van der Waals surface area contributed by atoms with Gasteiger partial charge in [-0.3, -0.25) is 4.99 Å². The molecular formula is C10H11N3. The summed E-state index contributed by atoms with van der Waals surface area (Å²) in [5.41, 5.74) is 2.06. The largest absolute Gasteiger partial charge is 0.306 e. The first-order valence-electron chi connectivity index (χ1n) is 3.91. The Morgan fingerprint density at radius 1 is 1.69 bits per heavy atom. The van der Waals surface area contributed by atoms with Crippen molar-refractivity contribution in [2.24, 2.45) is 4.99 Å². The van der Waals surface area contributed by atoms with Crippen molar-refractivity contribution in [1.29, 1.82) is 5.26 Å². The van der Waals surface area contributed by atoms with Gasteiger partial charge in [-0.15, -0.1) is 0 Å². The quantitative estimate of drug-likeness (QED) is 0.632. The molecule has 1 heterocycles. The molecule has 66 valence electrons. The lowest BCUT2D eigenvalue weighted by atomic mass is 10.3. The SMILES string of the molecule is C=C(C)n1cccc(C#N)c1=NC. The van der Waals surface area contributed by atoms with Crippen molar-refractivity contribution in [3.05, 3.63) is 36.0 Å². The second kappa shape index (κ2) is 3.72. The summed E-state index contributed by atoms with van der Waals surface area (Å²) in [6.07, 6.45) is 1.84. The summed E-state index contributed by atoms with van der Waals surface area (Å²) in [4.78, 5) is 4.04. The van der Waals surface area contributed by atoms with Gasteiger partial charge in [0, 0.05) is 18.9 Å². The van der Waals surface area contributed by atoms with Gasteiger partial charge in [0.2, 0.25) is 0 Å². The van der Waals surface area contributed by atoms with Crippen LogP contribution >= 0.6 is 0 Å². The summed E-state index contributed by atoms with van der Waals surface area (Å²) >= 11 is 0. The lowest BCUT2D eigenvalue weighted by molar-refractivity contribution is 0.947. The number of nitriles is 1. The van der Waals surface area contributed by atoms with Gasteiger partial charge < -0.3 is 4.57 Å². The summed E-state index contributed by atoms with van der Waals surface area (Å²) in [5.74, 6) is 0. The van der Waals surface area contributed by atoms with Crippen molar-refractivity contribution in [2.45, 2.75) is 6.92 Å². The normalized spacial score (nSPS) is 11.0. The third kappa shape index (κ3) is 1.67. The number of rotatable bonds is 1. The highest BCUT2D eigenvalue weighted by molar-refractivity contribution is 5.40. The van der Waals surface area contributed by atoms with E-state index in [9.17, 15) is 0 Å². The first-order chi connectivity index (χ1) is 6.20. The van der Waals surface area contributed by atoms with Crippen LogP contribution in [0.1, 0.15) is 12.5 Å². The predicted molar refractivity (Wildman–Crippen MR) is 51.6 cm³/mol. The maximum absolute atomic E-state index is 8.80. The van der Waals surface area contributed by atoms with E-state index in [4.69, 9.17) is 5.26 Å². The first kappa shape index (κ1) is 9.27. The number of aromatic nitrogens is 1. The lowest BCUT2D eigenvalue weighted by Crippen LogP contribution is -2.21. The second-order valence-electron chi connectivity index (χ2n) is 2.69. The minimum atomic E-state index is 0.563. The van der Waals surface area contributed by atoms with E-state index >= 15 is 0 Å². The van der Waals surface area contributed by atoms with Crippen molar-refractivity contribution in [2.75, 3.05) is 7.05 Å². The Morgan fingerprint density at radius 3 is 2.85 bits per heavy atom. The van der Waals surface area contributed by atoms with Gasteiger partial charge in [-0.2, -0.15) is 5.26 Å². The van der Waals surface area contributed by atoms with Gasteiger partial charge in [0.1, 0.15) is 11.6 Å². The molecule has 0 atom stereocenters. The van der Waals surface area contributed by atoms with Gasteiger partial charge in [0.15, 0.2) is 0 Å². The highest BCUT2D eigenvalue weighted by Crippen LogP contribution is 1.96. The van der Waals surface area contributed by atoms with Gasteiger partial charge in [-0.25, -0.2) is 0 Å². The van der Waals surface area contributed by atoms with E-state index in [0.717, 1.165) is 5.70 Å². The molecule has 0 radical (unpaired) electrons. The molecule has 0 amide bonds. The molecule has 1 aromatic heterocycles. The van der Waals surface area contributed by atoms with E-state index in [-0.39, 0.29) is 0 Å². The van der Waals surface area contributed by atoms with Crippen LogP contribution in [0.15, 0.2) is 29.9 Å². The number of nitrogens with zero attached hydrogens (tertiary/aromatic N) is 3. The minimum Gasteiger partial charge on any atom is -0.306 e. The number of hydrogen-bond acceptors (Lipinski definition) is 2. The molecule has 0 aliphatic heterocycles. The van der Waals surface area contributed by atoms with Crippen molar-refractivity contribution in [3.63, 3.8) is 0 Å². The average molecular weight is 173 g/mol. The van der Waals surface area contributed by atoms with Crippen molar-refractivity contribution in [1.82, 2.24) is 4.57 Å². The third-order valence-corrected chi connectivity index (χ3v) is 1.71. The maximum atomic E-state index is 8.80. The van der Waals surface area contributed by atoms with Crippen molar-refractivity contribution < 1.29 is 0 Å². The predicted octanol–water partition coefficient (Wildman–Crippen LogP) is 1.38. The van der Waals surface area contributed by atoms with E-state index in [0.29, 0.717) is 11.1 Å². The zero-order valence-electron chi connectivity index (χ0n) is 7.78. The monoisotopic (exact) mass is 173 g/mol. The average Bonchev–Trinajstić information content (AvgIpc) is 2.16. The van der Waals surface area contributed by atoms with Crippen LogP contribution in [0.3, 0.4) is 0 Å². The fourth-order valence-corrected chi connectivity index (χ4v) is 1.12. The maximum Gasteiger partial charge on any atom is 0.149 e. The van der Waals surface area contributed by atoms with Crippen LogP contribution in [-0.2, 0) is 0 Å². The minimum absolute atomic E-state index is 0.563. The van der Waals surface area contributed by atoms with Crippen molar-refractivity contribution in [3.8, 4) is 6.07 Å². The number of hydrogen-bond donors (Lipinski definition) is 0. The Labute approximate surface area is 77.3 Å². The topological polar surface area (TPSA) is 41.1 Å². The summed E-state index contributed by atoms with van der Waals surface area (Å²) in [6.45, 7) is 5.67. The molecule has 13 heavy (non-hydrogen) atoms. The van der Waals surface area contributed by atoms with Gasteiger partial charge >= 0.3 is 0 Å². The molecule has 3 heteroatoms. The molecule has 0 unspecified atom stereocenters. The van der Waals surface area contributed by atoms with Gasteiger partial charge in [0.25, 0.3) is 0 Å². The van der Waals surface area contributed by atoms with Gasteiger partial charge in [0.05, 0.1) is 5.56 Å². The second-order valence-corrected chi connectivity index (χ2v) is 2.69. The number of allylic oxidation sites excluding steroid dienone is 1. The van der Waals surface area contributed by atoms with E-state index in [1.807, 2.05) is 19.2 Å². The molecule has 0 aromatic carbocycles. The van der Waals surface area contributed by atoms with Crippen LogP contribution < -0.4 is 5.49 Å². The highest BCUT2D eigenvalue weighted by Gasteiger charge is 1.98. The van der Waals surface area contributed by atoms with Gasteiger partial charge in [-0.1, -0.05) is 6.58 Å². The molecule has 0 saturated carbocycles. The molecule has 1 rings (SSSR count). The van der Waals surface area contributed by atoms with Crippen LogP contribution in [0.5, 0.6) is 0 Å². The van der Waals surface area contributed by atoms with E-state index in [1.54, 1.807) is 17.7 Å². The molecule has 3 nitrogen and oxygen atoms in total. The van der Waals surface area contributed by atoms with Gasteiger partial charge in [-0.05, 0) is 19.1 Å². The fraction of sp³-hybridized carbons (Fsp3) is 0.200. The Balaban J connectivity index is 3.58. The Kier molecular flexibility index (Phi) is 2.65. The Morgan fingerprint density at radius 2 is 2.38 bits per heavy atom. The molecule has 0 fully saturated rings. The molecule has 0 aliphatic rings. The van der Waals surface area contributed by atoms with E-state index in [2.05, 4.69) is 17.6 Å². The smallest absolute Gasteiger partial charge is 0.149 e. The number of pyridine rings is 1. The summed E-state index contributed by atoms with van der Waals surface area (Å²) in [6, 6.07) is 5.63. The summed E-state index contributed by atoms with van der Waals surface area (Å²) < 4.78 is 1.79. The first-order valence-corrected chi connectivity index (χ1v) is 3.91. The highest BCUT2D eigenvalue weighted by atomic mass is 15.0. The van der Waals surface area contributed by atoms with E-state index < -0.39 is 0 Å². The molecule has 0 spiro atoms. The molecule has 0 bridgehead atoms. The summed E-state index contributed by atoms with van der Waals surface area (Å²) in [5, 5.41) is 8.80. The third-order valence-electron chi connectivity index (χ3n) is 1.71. The van der Waals surface area contributed by atoms with Crippen LogP contribution in [0.4, 0.5) is 0 Å². The summed E-state index contributed by atoms with van der Waals surface area (Å²) in [7, 11) is 1.66. The zero-order chi connectivity index (χ0) is 9.84. The van der Waals surface area contributed by atoms with Crippen molar-refractivity contribution >= 4 is 5.70 Å². The lowest BCUT2D eigenvalue weighted by Gasteiger charge is -2.05. The Bertz CT molecular complexity index is 432. The van der Waals surface area contributed by atoms with Crippen LogP contribution in [0.25, 0.3) is 5.70 Å². The van der Waals surface area contributed by atoms with Crippen LogP contribution in [-0.4, -0.2) is 11.6 Å². The standard InChI is InChI=1S/C10H11N3/c1-8(2)13-6-4-5-9(7-11)10(13)12-3/h4-6H,1H2,2-3H3. The molecule has 1 aromatic rings. The molecule has 0 aliphatic carbocycles. The fourth-order valence-electron chi connectivity index (χ4n) is 1.12. The zero-order valence-corrected chi connectivity index (χ0v) is 7.78. The molecular weight excluding hydrogens is 162 g/mol. The molecule has 0 saturated heterocycles. The van der Waals surface area contributed by atoms with Crippen LogP contribution in [0, 0.1) is 11.3 Å².